The zero-order valence-corrected chi connectivity index (χ0v) is 14.5. The van der Waals surface area contributed by atoms with Crippen LogP contribution in [0.25, 0.3) is 0 Å². The Morgan fingerprint density at radius 2 is 1.70 bits per heavy atom. The average Bonchev–Trinajstić information content (AvgIpc) is 3.29. The second kappa shape index (κ2) is 10.7. The van der Waals surface area contributed by atoms with Gasteiger partial charge in [-0.25, -0.2) is 0 Å². The van der Waals surface area contributed by atoms with E-state index in [1.807, 2.05) is 0 Å². The lowest BCUT2D eigenvalue weighted by Gasteiger charge is -2.26. The molecular weight excluding hydrogens is 272 g/mol. The van der Waals surface area contributed by atoms with E-state index in [0.29, 0.717) is 6.10 Å². The molecule has 0 spiro atoms. The Morgan fingerprint density at radius 1 is 1.00 bits per heavy atom. The van der Waals surface area contributed by atoms with Gasteiger partial charge in [0.05, 0.1) is 12.7 Å². The van der Waals surface area contributed by atoms with Gasteiger partial charge in [-0.05, 0) is 19.3 Å². The van der Waals surface area contributed by atoms with E-state index in [1.165, 1.54) is 38.5 Å². The van der Waals surface area contributed by atoms with Gasteiger partial charge in [0.25, 0.3) is 0 Å². The van der Waals surface area contributed by atoms with E-state index in [1.54, 1.807) is 14.2 Å². The molecule has 0 saturated carbocycles. The zero-order valence-electron chi connectivity index (χ0n) is 13.5. The molecular formula is C15H32O4Si. The zero-order chi connectivity index (χ0) is 14.7. The molecule has 0 aliphatic carbocycles. The highest BCUT2D eigenvalue weighted by Crippen LogP contribution is 2.20. The summed E-state index contributed by atoms with van der Waals surface area (Å²) in [5.41, 5.74) is 0. The molecule has 0 radical (unpaired) electrons. The molecule has 1 rings (SSSR count). The third kappa shape index (κ3) is 7.74. The van der Waals surface area contributed by atoms with Crippen LogP contribution in [0, 0.1) is 0 Å². The highest BCUT2D eigenvalue weighted by Gasteiger charge is 2.38. The number of hydrogen-bond acceptors (Lipinski definition) is 4. The minimum atomic E-state index is -2.39. The van der Waals surface area contributed by atoms with Gasteiger partial charge in [0.2, 0.25) is 0 Å². The highest BCUT2D eigenvalue weighted by molar-refractivity contribution is 6.60. The van der Waals surface area contributed by atoms with Gasteiger partial charge in [-0.2, -0.15) is 0 Å². The molecule has 5 heteroatoms. The first-order chi connectivity index (χ1) is 9.76. The topological polar surface area (TPSA) is 40.2 Å². The molecule has 1 unspecified atom stereocenters. The first kappa shape index (κ1) is 18.1. The Morgan fingerprint density at radius 3 is 2.30 bits per heavy atom. The summed E-state index contributed by atoms with van der Waals surface area (Å²) >= 11 is 0. The van der Waals surface area contributed by atoms with Crippen molar-refractivity contribution in [2.45, 2.75) is 70.4 Å². The molecule has 1 saturated heterocycles. The fourth-order valence-electron chi connectivity index (χ4n) is 2.36. The average molecular weight is 305 g/mol. The number of unbranched alkanes of at least 4 members (excludes halogenated alkanes) is 5. The summed E-state index contributed by atoms with van der Waals surface area (Å²) in [6, 6.07) is 0.940. The van der Waals surface area contributed by atoms with Crippen LogP contribution in [0.1, 0.15) is 58.3 Å². The first-order valence-corrected chi connectivity index (χ1v) is 10.1. The molecule has 1 heterocycles. The number of hydrogen-bond donors (Lipinski definition) is 0. The molecule has 4 nitrogen and oxygen atoms in total. The van der Waals surface area contributed by atoms with Crippen LogP contribution in [0.2, 0.25) is 6.04 Å². The largest absolute Gasteiger partial charge is 0.500 e. The summed E-state index contributed by atoms with van der Waals surface area (Å²) in [6.07, 6.45) is 10.2. The smallest absolute Gasteiger partial charge is 0.377 e. The molecule has 120 valence electrons. The quantitative estimate of drug-likeness (QED) is 0.278. The van der Waals surface area contributed by atoms with Gasteiger partial charge in [-0.1, -0.05) is 39.0 Å². The van der Waals surface area contributed by atoms with E-state index in [-0.39, 0.29) is 0 Å². The molecule has 20 heavy (non-hydrogen) atoms. The molecule has 0 aromatic carbocycles. The SMILES string of the molecule is CCCCCC[Si](OC)(OC)OCCCCCC1CO1. The standard InChI is InChI=1S/C15H32O4Si/c1-4-5-6-10-13-20(16-2,17-3)19-12-9-7-8-11-15-14-18-15/h15H,4-14H2,1-3H3. The maximum absolute atomic E-state index is 5.99. The van der Waals surface area contributed by atoms with Crippen molar-refractivity contribution in [2.24, 2.45) is 0 Å². The highest BCUT2D eigenvalue weighted by atomic mass is 28.4. The summed E-state index contributed by atoms with van der Waals surface area (Å²) in [5.74, 6) is 0. The molecule has 0 amide bonds. The van der Waals surface area contributed by atoms with Crippen molar-refractivity contribution in [3.63, 3.8) is 0 Å². The Balaban J connectivity index is 2.08. The maximum Gasteiger partial charge on any atom is 0.500 e. The third-order valence-electron chi connectivity index (χ3n) is 3.85. The minimum Gasteiger partial charge on any atom is -0.377 e. The lowest BCUT2D eigenvalue weighted by molar-refractivity contribution is 0.0954. The van der Waals surface area contributed by atoms with Crippen LogP contribution in [0.4, 0.5) is 0 Å². The van der Waals surface area contributed by atoms with Crippen molar-refractivity contribution in [1.29, 1.82) is 0 Å². The number of ether oxygens (including phenoxy) is 1. The van der Waals surface area contributed by atoms with Crippen LogP contribution >= 0.6 is 0 Å². The van der Waals surface area contributed by atoms with E-state index < -0.39 is 8.80 Å². The van der Waals surface area contributed by atoms with E-state index >= 15 is 0 Å². The van der Waals surface area contributed by atoms with Crippen molar-refractivity contribution >= 4 is 8.80 Å². The predicted octanol–water partition coefficient (Wildman–Crippen LogP) is 3.77. The van der Waals surface area contributed by atoms with Crippen molar-refractivity contribution in [2.75, 3.05) is 27.4 Å². The summed E-state index contributed by atoms with van der Waals surface area (Å²) in [4.78, 5) is 0. The molecule has 1 aliphatic rings. The van der Waals surface area contributed by atoms with Gasteiger partial charge in [0.1, 0.15) is 0 Å². The van der Waals surface area contributed by atoms with Gasteiger partial charge in [0.15, 0.2) is 0 Å². The summed E-state index contributed by atoms with van der Waals surface area (Å²) < 4.78 is 22.4. The summed E-state index contributed by atoms with van der Waals surface area (Å²) in [7, 11) is 1.06. The monoisotopic (exact) mass is 304 g/mol. The Hall–Kier alpha value is 0.0569. The van der Waals surface area contributed by atoms with E-state index in [4.69, 9.17) is 18.0 Å². The fraction of sp³-hybridized carbons (Fsp3) is 1.00. The van der Waals surface area contributed by atoms with Crippen LogP contribution in [-0.2, 0) is 18.0 Å². The lowest BCUT2D eigenvalue weighted by Crippen LogP contribution is -2.44. The van der Waals surface area contributed by atoms with Crippen LogP contribution in [0.15, 0.2) is 0 Å². The first-order valence-electron chi connectivity index (χ1n) is 8.12. The molecule has 1 fully saturated rings. The molecule has 0 N–H and O–H groups in total. The lowest BCUT2D eigenvalue weighted by atomic mass is 10.2. The summed E-state index contributed by atoms with van der Waals surface area (Å²) in [6.45, 7) is 3.95. The molecule has 0 aromatic heterocycles. The van der Waals surface area contributed by atoms with Gasteiger partial charge in [0, 0.05) is 26.9 Å². The molecule has 0 bridgehead atoms. The second-order valence-corrected chi connectivity index (χ2v) is 8.53. The van der Waals surface area contributed by atoms with Gasteiger partial charge in [-0.3, -0.25) is 0 Å². The molecule has 1 aliphatic heterocycles. The van der Waals surface area contributed by atoms with Crippen molar-refractivity contribution < 1.29 is 18.0 Å². The van der Waals surface area contributed by atoms with Crippen LogP contribution < -0.4 is 0 Å². The minimum absolute atomic E-state index is 0.556. The fourth-order valence-corrected chi connectivity index (χ4v) is 4.45. The van der Waals surface area contributed by atoms with Crippen LogP contribution in [-0.4, -0.2) is 42.3 Å². The second-order valence-electron chi connectivity index (χ2n) is 5.56. The van der Waals surface area contributed by atoms with Gasteiger partial charge in [-0.15, -0.1) is 0 Å². The van der Waals surface area contributed by atoms with E-state index in [0.717, 1.165) is 32.1 Å². The molecule has 0 aromatic rings. The van der Waals surface area contributed by atoms with Crippen molar-refractivity contribution in [3.8, 4) is 0 Å². The number of epoxide rings is 1. The van der Waals surface area contributed by atoms with Crippen LogP contribution in [0.3, 0.4) is 0 Å². The normalized spacial score (nSPS) is 18.4. The maximum atomic E-state index is 5.99. The Bertz CT molecular complexity index is 230. The van der Waals surface area contributed by atoms with E-state index in [2.05, 4.69) is 6.92 Å². The van der Waals surface area contributed by atoms with Gasteiger partial charge < -0.3 is 18.0 Å². The number of rotatable bonds is 14. The van der Waals surface area contributed by atoms with E-state index in [9.17, 15) is 0 Å². The van der Waals surface area contributed by atoms with Crippen LogP contribution in [0.5, 0.6) is 0 Å². The van der Waals surface area contributed by atoms with Crippen molar-refractivity contribution in [1.82, 2.24) is 0 Å². The predicted molar refractivity (Wildman–Crippen MR) is 82.9 cm³/mol. The Kier molecular flexibility index (Phi) is 9.72. The Labute approximate surface area is 125 Å². The third-order valence-corrected chi connectivity index (χ3v) is 6.71. The van der Waals surface area contributed by atoms with Crippen molar-refractivity contribution in [3.05, 3.63) is 0 Å². The molecule has 1 atom stereocenters. The summed E-state index contributed by atoms with van der Waals surface area (Å²) in [5, 5.41) is 0. The van der Waals surface area contributed by atoms with Gasteiger partial charge >= 0.3 is 8.80 Å².